The van der Waals surface area contributed by atoms with Crippen LogP contribution in [0.4, 0.5) is 10.1 Å². The maximum atomic E-state index is 14.8. The molecule has 28 heavy (non-hydrogen) atoms. The number of benzene rings is 2. The fraction of sp³-hybridized carbons (Fsp3) is 0.300. The molecule has 6 nitrogen and oxygen atoms in total. The van der Waals surface area contributed by atoms with Crippen LogP contribution in [-0.2, 0) is 0 Å². The van der Waals surface area contributed by atoms with Crippen LogP contribution in [0.15, 0.2) is 56.9 Å². The summed E-state index contributed by atoms with van der Waals surface area (Å²) in [6.45, 7) is 0. The van der Waals surface area contributed by atoms with Crippen molar-refractivity contribution in [2.24, 2.45) is 21.5 Å². The third kappa shape index (κ3) is 3.56. The van der Waals surface area contributed by atoms with Gasteiger partial charge in [-0.15, -0.1) is 0 Å². The van der Waals surface area contributed by atoms with Gasteiger partial charge in [-0.25, -0.2) is 9.38 Å². The van der Waals surface area contributed by atoms with E-state index in [1.54, 1.807) is 29.2 Å². The number of hydrogen-bond acceptors (Lipinski definition) is 6. The van der Waals surface area contributed by atoms with Gasteiger partial charge in [0.2, 0.25) is 11.9 Å². The zero-order valence-corrected chi connectivity index (χ0v) is 16.8. The summed E-state index contributed by atoms with van der Waals surface area (Å²) in [5.74, 6) is 0.593. The molecule has 0 saturated heterocycles. The molecule has 0 unspecified atom stereocenters. The predicted octanol–water partition coefficient (Wildman–Crippen LogP) is 4.49. The van der Waals surface area contributed by atoms with E-state index in [4.69, 9.17) is 16.2 Å². The number of hydrogen-bond donors (Lipinski definition) is 2. The Morgan fingerprint density at radius 1 is 1.07 bits per heavy atom. The predicted molar refractivity (Wildman–Crippen MR) is 112 cm³/mol. The van der Waals surface area contributed by atoms with Gasteiger partial charge in [0.1, 0.15) is 11.4 Å². The smallest absolute Gasteiger partial charge is 0.220 e. The molecule has 0 amide bonds. The first-order chi connectivity index (χ1) is 13.5. The van der Waals surface area contributed by atoms with Gasteiger partial charge in [-0.05, 0) is 56.0 Å². The average molecular weight is 446 g/mol. The summed E-state index contributed by atoms with van der Waals surface area (Å²) in [6, 6.07) is 12.0. The van der Waals surface area contributed by atoms with E-state index in [1.165, 1.54) is 6.07 Å². The Hall–Kier alpha value is -2.61. The Kier molecular flexibility index (Phi) is 4.97. The summed E-state index contributed by atoms with van der Waals surface area (Å²) >= 11 is 3.38. The SMILES string of the molecule is NC1=NC2(CCCCC2)N(c2ccc(Oc3cccc(Br)c3)c(F)c2)C(N)=N1. The van der Waals surface area contributed by atoms with Crippen molar-refractivity contribution in [3.63, 3.8) is 0 Å². The van der Waals surface area contributed by atoms with Crippen LogP contribution < -0.4 is 21.1 Å². The van der Waals surface area contributed by atoms with E-state index >= 15 is 0 Å². The van der Waals surface area contributed by atoms with Crippen molar-refractivity contribution in [2.45, 2.75) is 37.8 Å². The molecule has 1 fully saturated rings. The van der Waals surface area contributed by atoms with Crippen molar-refractivity contribution < 1.29 is 9.13 Å². The molecule has 1 heterocycles. The number of nitrogens with two attached hydrogens (primary N) is 2. The van der Waals surface area contributed by atoms with Crippen LogP contribution in [0.5, 0.6) is 11.5 Å². The van der Waals surface area contributed by atoms with Crippen molar-refractivity contribution in [1.82, 2.24) is 0 Å². The van der Waals surface area contributed by atoms with Crippen LogP contribution in [-0.4, -0.2) is 17.6 Å². The van der Waals surface area contributed by atoms with Gasteiger partial charge in [-0.2, -0.15) is 4.99 Å². The number of nitrogens with zero attached hydrogens (tertiary/aromatic N) is 3. The summed E-state index contributed by atoms with van der Waals surface area (Å²) in [5, 5.41) is 0. The van der Waals surface area contributed by atoms with Gasteiger partial charge in [-0.1, -0.05) is 28.4 Å². The number of anilines is 1. The third-order valence-corrected chi connectivity index (χ3v) is 5.54. The molecule has 2 aromatic rings. The van der Waals surface area contributed by atoms with E-state index in [1.807, 2.05) is 12.1 Å². The molecule has 2 aromatic carbocycles. The van der Waals surface area contributed by atoms with Crippen LogP contribution in [0.1, 0.15) is 32.1 Å². The molecule has 4 N–H and O–H groups in total. The molecular formula is C20H21BrFN5O. The van der Waals surface area contributed by atoms with Crippen LogP contribution in [0, 0.1) is 5.82 Å². The van der Waals surface area contributed by atoms with Crippen LogP contribution in [0.2, 0.25) is 0 Å². The molecule has 0 atom stereocenters. The zero-order valence-electron chi connectivity index (χ0n) is 15.2. The number of aliphatic imine (C=N–C) groups is 2. The second-order valence-corrected chi connectivity index (χ2v) is 7.91. The fourth-order valence-electron chi connectivity index (χ4n) is 3.86. The molecule has 1 saturated carbocycles. The maximum Gasteiger partial charge on any atom is 0.220 e. The van der Waals surface area contributed by atoms with Gasteiger partial charge in [0.05, 0.1) is 0 Å². The minimum atomic E-state index is -0.604. The molecule has 0 bridgehead atoms. The molecule has 1 aliphatic heterocycles. The Bertz CT molecular complexity index is 955. The normalized spacial score (nSPS) is 18.6. The van der Waals surface area contributed by atoms with E-state index in [0.29, 0.717) is 11.4 Å². The summed E-state index contributed by atoms with van der Waals surface area (Å²) in [6.07, 6.45) is 4.74. The molecule has 8 heteroatoms. The molecule has 0 aromatic heterocycles. The highest BCUT2D eigenvalue weighted by molar-refractivity contribution is 9.10. The van der Waals surface area contributed by atoms with Crippen molar-refractivity contribution in [3.05, 3.63) is 52.8 Å². The van der Waals surface area contributed by atoms with Crippen LogP contribution in [0.25, 0.3) is 0 Å². The minimum absolute atomic E-state index is 0.134. The van der Waals surface area contributed by atoms with E-state index in [0.717, 1.165) is 36.6 Å². The highest BCUT2D eigenvalue weighted by atomic mass is 79.9. The summed E-state index contributed by atoms with van der Waals surface area (Å²) in [4.78, 5) is 10.5. The van der Waals surface area contributed by atoms with E-state index < -0.39 is 11.5 Å². The lowest BCUT2D eigenvalue weighted by molar-refractivity contribution is 0.305. The Labute approximate surface area is 171 Å². The molecule has 1 aliphatic carbocycles. The molecule has 2 aliphatic rings. The van der Waals surface area contributed by atoms with E-state index in [2.05, 4.69) is 25.9 Å². The largest absolute Gasteiger partial charge is 0.454 e. The average Bonchev–Trinajstić information content (AvgIpc) is 2.64. The van der Waals surface area contributed by atoms with Crippen molar-refractivity contribution in [2.75, 3.05) is 4.90 Å². The standard InChI is InChI=1S/C20H21BrFN5O/c21-13-5-4-6-15(11-13)28-17-8-7-14(12-16(17)22)27-19(24)25-18(23)26-20(27)9-2-1-3-10-20/h4-8,11-12H,1-3,9-10H2,(H4,23,24,25,26). The van der Waals surface area contributed by atoms with Crippen molar-refractivity contribution in [3.8, 4) is 11.5 Å². The first kappa shape index (κ1) is 18.7. The number of ether oxygens (including phenoxy) is 1. The van der Waals surface area contributed by atoms with E-state index in [-0.39, 0.29) is 17.7 Å². The lowest BCUT2D eigenvalue weighted by Gasteiger charge is -2.45. The first-order valence-corrected chi connectivity index (χ1v) is 9.99. The quantitative estimate of drug-likeness (QED) is 0.727. The summed E-state index contributed by atoms with van der Waals surface area (Å²) in [5.41, 5.74) is 12.1. The Balaban J connectivity index is 1.66. The minimum Gasteiger partial charge on any atom is -0.454 e. The van der Waals surface area contributed by atoms with Crippen molar-refractivity contribution in [1.29, 1.82) is 0 Å². The van der Waals surface area contributed by atoms with E-state index in [9.17, 15) is 4.39 Å². The first-order valence-electron chi connectivity index (χ1n) is 9.20. The summed E-state index contributed by atoms with van der Waals surface area (Å²) < 4.78 is 21.4. The Morgan fingerprint density at radius 3 is 2.57 bits per heavy atom. The van der Waals surface area contributed by atoms with Gasteiger partial charge in [0.15, 0.2) is 11.6 Å². The topological polar surface area (TPSA) is 89.2 Å². The maximum absolute atomic E-state index is 14.8. The lowest BCUT2D eigenvalue weighted by atomic mass is 9.87. The van der Waals surface area contributed by atoms with Gasteiger partial charge in [-0.3, -0.25) is 4.90 Å². The van der Waals surface area contributed by atoms with Crippen molar-refractivity contribution >= 4 is 33.5 Å². The van der Waals surface area contributed by atoms with Gasteiger partial charge >= 0.3 is 0 Å². The number of halogens is 2. The Morgan fingerprint density at radius 2 is 1.86 bits per heavy atom. The monoisotopic (exact) mass is 445 g/mol. The molecule has 0 radical (unpaired) electrons. The molecular weight excluding hydrogens is 425 g/mol. The molecule has 1 spiro atoms. The van der Waals surface area contributed by atoms with Gasteiger partial charge in [0.25, 0.3) is 0 Å². The number of rotatable bonds is 3. The number of guanidine groups is 2. The zero-order chi connectivity index (χ0) is 19.7. The molecule has 4 rings (SSSR count). The fourth-order valence-corrected chi connectivity index (χ4v) is 4.24. The van der Waals surface area contributed by atoms with Crippen LogP contribution >= 0.6 is 15.9 Å². The summed E-state index contributed by atoms with van der Waals surface area (Å²) in [7, 11) is 0. The third-order valence-electron chi connectivity index (χ3n) is 5.05. The molecule has 146 valence electrons. The highest BCUT2D eigenvalue weighted by Crippen LogP contribution is 2.40. The second-order valence-electron chi connectivity index (χ2n) is 6.99. The lowest BCUT2D eigenvalue weighted by Crippen LogP contribution is -2.58. The highest BCUT2D eigenvalue weighted by Gasteiger charge is 2.42. The van der Waals surface area contributed by atoms with Gasteiger partial charge in [0, 0.05) is 16.2 Å². The second kappa shape index (κ2) is 7.43. The van der Waals surface area contributed by atoms with Gasteiger partial charge < -0.3 is 16.2 Å². The van der Waals surface area contributed by atoms with Crippen LogP contribution in [0.3, 0.4) is 0 Å².